The molecule has 1 N–H and O–H groups in total. The molecule has 20 heavy (non-hydrogen) atoms. The highest BCUT2D eigenvalue weighted by Crippen LogP contribution is 2.36. The molecule has 2 nitrogen and oxygen atoms in total. The molecule has 0 aliphatic carbocycles. The molecule has 0 fully saturated rings. The van der Waals surface area contributed by atoms with E-state index in [2.05, 4.69) is 27.3 Å². The Balaban J connectivity index is 1.93. The maximum atomic E-state index is 13.6. The average Bonchev–Trinajstić information content (AvgIpc) is 2.44. The van der Waals surface area contributed by atoms with E-state index in [0.717, 1.165) is 27.9 Å². The molecule has 0 aromatic heterocycles. The van der Waals surface area contributed by atoms with Crippen molar-refractivity contribution < 1.29 is 9.13 Å². The van der Waals surface area contributed by atoms with Crippen molar-refractivity contribution in [3.8, 4) is 5.75 Å². The van der Waals surface area contributed by atoms with Crippen LogP contribution in [0.4, 0.5) is 10.1 Å². The van der Waals surface area contributed by atoms with E-state index >= 15 is 0 Å². The van der Waals surface area contributed by atoms with Gasteiger partial charge in [-0.2, -0.15) is 0 Å². The molecule has 1 aliphatic heterocycles. The Morgan fingerprint density at radius 3 is 3.00 bits per heavy atom. The van der Waals surface area contributed by atoms with Gasteiger partial charge in [-0.25, -0.2) is 4.39 Å². The van der Waals surface area contributed by atoms with Crippen LogP contribution < -0.4 is 10.1 Å². The monoisotopic (exact) mass is 335 g/mol. The van der Waals surface area contributed by atoms with Crippen LogP contribution in [0.5, 0.6) is 5.75 Å². The molecule has 0 radical (unpaired) electrons. The third-order valence-corrected chi connectivity index (χ3v) is 4.10. The highest BCUT2D eigenvalue weighted by Gasteiger charge is 2.22. The Hall–Kier alpha value is -1.55. The number of fused-ring (bicyclic) bond motifs is 1. The van der Waals surface area contributed by atoms with E-state index in [1.54, 1.807) is 13.0 Å². The average molecular weight is 336 g/mol. The van der Waals surface area contributed by atoms with Crippen LogP contribution in [-0.2, 0) is 0 Å². The van der Waals surface area contributed by atoms with Crippen LogP contribution in [0.2, 0.25) is 0 Å². The van der Waals surface area contributed by atoms with E-state index in [0.29, 0.717) is 12.2 Å². The second kappa shape index (κ2) is 5.44. The largest absolute Gasteiger partial charge is 0.493 e. The number of benzene rings is 2. The molecule has 0 bridgehead atoms. The molecule has 1 heterocycles. The minimum absolute atomic E-state index is 0.136. The zero-order valence-electron chi connectivity index (χ0n) is 11.1. The molecule has 0 saturated carbocycles. The predicted molar refractivity (Wildman–Crippen MR) is 81.8 cm³/mol. The lowest BCUT2D eigenvalue weighted by atomic mass is 10.00. The van der Waals surface area contributed by atoms with Crippen LogP contribution in [0.25, 0.3) is 0 Å². The predicted octanol–water partition coefficient (Wildman–Crippen LogP) is 4.83. The summed E-state index contributed by atoms with van der Waals surface area (Å²) >= 11 is 3.49. The van der Waals surface area contributed by atoms with Gasteiger partial charge in [-0.3, -0.25) is 0 Å². The first kappa shape index (κ1) is 13.4. The van der Waals surface area contributed by atoms with Gasteiger partial charge in [0.15, 0.2) is 0 Å². The summed E-state index contributed by atoms with van der Waals surface area (Å²) in [4.78, 5) is 0. The highest BCUT2D eigenvalue weighted by atomic mass is 79.9. The van der Waals surface area contributed by atoms with Gasteiger partial charge in [0.05, 0.1) is 12.6 Å². The molecule has 2 aromatic carbocycles. The Morgan fingerprint density at radius 2 is 2.15 bits per heavy atom. The number of nitrogens with one attached hydrogen (secondary N) is 1. The Morgan fingerprint density at radius 1 is 1.30 bits per heavy atom. The molecule has 4 heteroatoms. The summed E-state index contributed by atoms with van der Waals surface area (Å²) < 4.78 is 20.3. The van der Waals surface area contributed by atoms with Gasteiger partial charge in [0, 0.05) is 27.7 Å². The molecule has 1 aliphatic rings. The van der Waals surface area contributed by atoms with Crippen molar-refractivity contribution in [2.45, 2.75) is 19.4 Å². The number of rotatable bonds is 2. The number of halogens is 2. The van der Waals surface area contributed by atoms with Crippen molar-refractivity contribution >= 4 is 21.6 Å². The quantitative estimate of drug-likeness (QED) is 0.848. The molecule has 0 saturated heterocycles. The van der Waals surface area contributed by atoms with Crippen molar-refractivity contribution in [1.29, 1.82) is 0 Å². The fourth-order valence-electron chi connectivity index (χ4n) is 2.47. The van der Waals surface area contributed by atoms with Crippen LogP contribution in [-0.4, -0.2) is 6.61 Å². The van der Waals surface area contributed by atoms with Gasteiger partial charge in [0.1, 0.15) is 11.6 Å². The fourth-order valence-corrected chi connectivity index (χ4v) is 2.85. The first-order valence-electron chi connectivity index (χ1n) is 6.59. The summed E-state index contributed by atoms with van der Waals surface area (Å²) in [5, 5.41) is 3.43. The topological polar surface area (TPSA) is 21.3 Å². The van der Waals surface area contributed by atoms with Gasteiger partial charge in [-0.15, -0.1) is 0 Å². The number of hydrogen-bond acceptors (Lipinski definition) is 2. The third kappa shape index (κ3) is 2.52. The van der Waals surface area contributed by atoms with Gasteiger partial charge in [0.2, 0.25) is 0 Å². The lowest BCUT2D eigenvalue weighted by Gasteiger charge is -2.28. The lowest BCUT2D eigenvalue weighted by molar-refractivity contribution is 0.274. The van der Waals surface area contributed by atoms with Crippen LogP contribution in [0.1, 0.15) is 23.6 Å². The van der Waals surface area contributed by atoms with Crippen molar-refractivity contribution in [1.82, 2.24) is 0 Å². The van der Waals surface area contributed by atoms with E-state index in [4.69, 9.17) is 4.74 Å². The molecule has 0 amide bonds. The second-order valence-electron chi connectivity index (χ2n) is 4.93. The summed E-state index contributed by atoms with van der Waals surface area (Å²) in [6.07, 6.45) is 0.861. The van der Waals surface area contributed by atoms with E-state index in [1.807, 2.05) is 18.2 Å². The van der Waals surface area contributed by atoms with Crippen LogP contribution in [0, 0.1) is 12.7 Å². The van der Waals surface area contributed by atoms with Crippen molar-refractivity contribution in [3.05, 3.63) is 57.8 Å². The van der Waals surface area contributed by atoms with Gasteiger partial charge < -0.3 is 10.1 Å². The highest BCUT2D eigenvalue weighted by molar-refractivity contribution is 9.10. The number of hydrogen-bond donors (Lipinski definition) is 1. The molecular formula is C16H15BrFNO. The van der Waals surface area contributed by atoms with Gasteiger partial charge in [-0.05, 0) is 37.3 Å². The normalized spacial score (nSPS) is 17.2. The summed E-state index contributed by atoms with van der Waals surface area (Å²) in [5.41, 5.74) is 2.59. The van der Waals surface area contributed by atoms with E-state index < -0.39 is 0 Å². The third-order valence-electron chi connectivity index (χ3n) is 3.61. The SMILES string of the molecule is Cc1c(F)cccc1NC1CCOc2ccc(Br)cc21. The molecule has 0 spiro atoms. The Labute approximate surface area is 126 Å². The first-order chi connectivity index (χ1) is 9.65. The zero-order valence-corrected chi connectivity index (χ0v) is 12.7. The minimum atomic E-state index is -0.184. The summed E-state index contributed by atoms with van der Waals surface area (Å²) in [6.45, 7) is 2.46. The maximum absolute atomic E-state index is 13.6. The minimum Gasteiger partial charge on any atom is -0.493 e. The van der Waals surface area contributed by atoms with Gasteiger partial charge >= 0.3 is 0 Å². The second-order valence-corrected chi connectivity index (χ2v) is 5.84. The zero-order chi connectivity index (χ0) is 14.1. The molecule has 1 atom stereocenters. The summed E-state index contributed by atoms with van der Waals surface area (Å²) in [6, 6.07) is 11.2. The van der Waals surface area contributed by atoms with Crippen LogP contribution in [0.15, 0.2) is 40.9 Å². The van der Waals surface area contributed by atoms with Gasteiger partial charge in [-0.1, -0.05) is 22.0 Å². The molecule has 104 valence electrons. The summed E-state index contributed by atoms with van der Waals surface area (Å²) in [7, 11) is 0. The van der Waals surface area contributed by atoms with Crippen molar-refractivity contribution in [2.75, 3.05) is 11.9 Å². The molecule has 3 rings (SSSR count). The van der Waals surface area contributed by atoms with Gasteiger partial charge in [0.25, 0.3) is 0 Å². The van der Waals surface area contributed by atoms with Crippen LogP contribution in [0.3, 0.4) is 0 Å². The van der Waals surface area contributed by atoms with E-state index in [-0.39, 0.29) is 11.9 Å². The van der Waals surface area contributed by atoms with E-state index in [9.17, 15) is 4.39 Å². The van der Waals surface area contributed by atoms with Crippen molar-refractivity contribution in [3.63, 3.8) is 0 Å². The Bertz CT molecular complexity index is 644. The lowest BCUT2D eigenvalue weighted by Crippen LogP contribution is -2.20. The molecule has 2 aromatic rings. The molecular weight excluding hydrogens is 321 g/mol. The van der Waals surface area contributed by atoms with Crippen molar-refractivity contribution in [2.24, 2.45) is 0 Å². The number of ether oxygens (including phenoxy) is 1. The number of anilines is 1. The fraction of sp³-hybridized carbons (Fsp3) is 0.250. The first-order valence-corrected chi connectivity index (χ1v) is 7.38. The summed E-state index contributed by atoms with van der Waals surface area (Å²) in [5.74, 6) is 0.711. The van der Waals surface area contributed by atoms with Crippen LogP contribution >= 0.6 is 15.9 Å². The van der Waals surface area contributed by atoms with E-state index in [1.165, 1.54) is 6.07 Å². The maximum Gasteiger partial charge on any atom is 0.128 e. The Kier molecular flexibility index (Phi) is 3.66. The molecule has 1 unspecified atom stereocenters. The standard InChI is InChI=1S/C16H15BrFNO/c1-10-13(18)3-2-4-14(10)19-15-7-8-20-16-6-5-11(17)9-12(15)16/h2-6,9,15,19H,7-8H2,1H3. The smallest absolute Gasteiger partial charge is 0.128 e.